The van der Waals surface area contributed by atoms with Crippen molar-refractivity contribution in [3.05, 3.63) is 52.7 Å². The number of fused-ring (bicyclic) bond motifs is 5. The van der Waals surface area contributed by atoms with E-state index in [1.807, 2.05) is 12.3 Å². The normalized spacial score (nSPS) is 13.3. The number of hydrogen-bond donors (Lipinski definition) is 1. The van der Waals surface area contributed by atoms with Gasteiger partial charge in [-0.15, -0.1) is 11.3 Å². The molecule has 4 nitrogen and oxygen atoms in total. The van der Waals surface area contributed by atoms with Crippen LogP contribution in [-0.4, -0.2) is 21.2 Å². The molecule has 1 aromatic carbocycles. The lowest BCUT2D eigenvalue weighted by atomic mass is 10.0. The zero-order chi connectivity index (χ0) is 19.8. The Morgan fingerprint density at radius 1 is 1.07 bits per heavy atom. The number of thioether (sulfide) groups is 1. The number of anilines is 1. The molecule has 3 heterocycles. The van der Waals surface area contributed by atoms with Crippen molar-refractivity contribution in [2.24, 2.45) is 0 Å². The molecular formula is C23H24N4S2. The van der Waals surface area contributed by atoms with E-state index in [2.05, 4.69) is 36.5 Å². The summed E-state index contributed by atoms with van der Waals surface area (Å²) < 4.78 is 1.13. The Bertz CT molecular complexity index is 1180. The van der Waals surface area contributed by atoms with Gasteiger partial charge in [0, 0.05) is 17.6 Å². The summed E-state index contributed by atoms with van der Waals surface area (Å²) in [6.07, 6.45) is 7.76. The maximum Gasteiger partial charge on any atom is 0.189 e. The molecule has 4 aromatic rings. The van der Waals surface area contributed by atoms with Crippen LogP contribution in [0.25, 0.3) is 20.4 Å². The summed E-state index contributed by atoms with van der Waals surface area (Å²) in [6, 6.07) is 10.5. The molecule has 1 aliphatic rings. The first kappa shape index (κ1) is 18.8. The van der Waals surface area contributed by atoms with Crippen molar-refractivity contribution in [3.8, 4) is 0 Å². The SMILES string of the molecule is CCCc1nc2sc3c(NCc4ccccc4)nc(SC)nc3c2c2c1CCC2. The van der Waals surface area contributed by atoms with Gasteiger partial charge in [0.15, 0.2) is 5.16 Å². The predicted molar refractivity (Wildman–Crippen MR) is 124 cm³/mol. The van der Waals surface area contributed by atoms with Gasteiger partial charge in [0.2, 0.25) is 0 Å². The molecule has 0 radical (unpaired) electrons. The molecule has 1 aliphatic carbocycles. The third-order valence-corrected chi connectivity index (χ3v) is 7.20. The Kier molecular flexibility index (Phi) is 5.14. The fraction of sp³-hybridized carbons (Fsp3) is 0.348. The third-order valence-electron chi connectivity index (χ3n) is 5.57. The van der Waals surface area contributed by atoms with Gasteiger partial charge in [-0.25, -0.2) is 15.0 Å². The molecule has 0 saturated carbocycles. The van der Waals surface area contributed by atoms with Crippen molar-refractivity contribution in [2.75, 3.05) is 11.6 Å². The molecule has 0 atom stereocenters. The monoisotopic (exact) mass is 420 g/mol. The molecule has 29 heavy (non-hydrogen) atoms. The molecular weight excluding hydrogens is 396 g/mol. The predicted octanol–water partition coefficient (Wildman–Crippen LogP) is 6.01. The van der Waals surface area contributed by atoms with Gasteiger partial charge in [0.1, 0.15) is 10.6 Å². The number of rotatable bonds is 6. The fourth-order valence-electron chi connectivity index (χ4n) is 4.26. The fourth-order valence-corrected chi connectivity index (χ4v) is 5.76. The second kappa shape index (κ2) is 7.92. The zero-order valence-corrected chi connectivity index (χ0v) is 18.4. The van der Waals surface area contributed by atoms with Crippen molar-refractivity contribution in [3.63, 3.8) is 0 Å². The zero-order valence-electron chi connectivity index (χ0n) is 16.8. The molecule has 0 amide bonds. The van der Waals surface area contributed by atoms with E-state index >= 15 is 0 Å². The van der Waals surface area contributed by atoms with Crippen LogP contribution >= 0.6 is 23.1 Å². The van der Waals surface area contributed by atoms with E-state index in [0.717, 1.165) is 58.2 Å². The van der Waals surface area contributed by atoms with Crippen molar-refractivity contribution in [1.82, 2.24) is 15.0 Å². The van der Waals surface area contributed by atoms with E-state index in [-0.39, 0.29) is 0 Å². The van der Waals surface area contributed by atoms with Crippen LogP contribution in [0.1, 0.15) is 42.1 Å². The first-order chi connectivity index (χ1) is 14.3. The summed E-state index contributed by atoms with van der Waals surface area (Å²) in [5, 5.41) is 5.66. The highest BCUT2D eigenvalue weighted by Crippen LogP contribution is 2.42. The summed E-state index contributed by atoms with van der Waals surface area (Å²) >= 11 is 3.34. The van der Waals surface area contributed by atoms with Crippen molar-refractivity contribution >= 4 is 49.3 Å². The average Bonchev–Trinajstić information content (AvgIpc) is 3.37. The van der Waals surface area contributed by atoms with Gasteiger partial charge in [-0.3, -0.25) is 0 Å². The molecule has 0 aliphatic heterocycles. The van der Waals surface area contributed by atoms with Gasteiger partial charge in [0.25, 0.3) is 0 Å². The second-order valence-corrected chi connectivity index (χ2v) is 9.25. The molecule has 0 unspecified atom stereocenters. The van der Waals surface area contributed by atoms with Crippen LogP contribution in [0.3, 0.4) is 0 Å². The molecule has 0 bridgehead atoms. The second-order valence-electron chi connectivity index (χ2n) is 7.48. The minimum Gasteiger partial charge on any atom is -0.365 e. The van der Waals surface area contributed by atoms with Crippen LogP contribution in [0.15, 0.2) is 35.5 Å². The minimum absolute atomic E-state index is 0.752. The Hall–Kier alpha value is -2.18. The van der Waals surface area contributed by atoms with E-state index in [4.69, 9.17) is 15.0 Å². The van der Waals surface area contributed by atoms with Crippen molar-refractivity contribution in [1.29, 1.82) is 0 Å². The van der Waals surface area contributed by atoms with Gasteiger partial charge in [-0.1, -0.05) is 55.4 Å². The Morgan fingerprint density at radius 3 is 2.69 bits per heavy atom. The highest BCUT2D eigenvalue weighted by Gasteiger charge is 2.24. The quantitative estimate of drug-likeness (QED) is 0.305. The van der Waals surface area contributed by atoms with E-state index in [9.17, 15) is 0 Å². The molecule has 5 rings (SSSR count). The number of benzene rings is 1. The molecule has 6 heteroatoms. The number of hydrogen-bond acceptors (Lipinski definition) is 6. The lowest BCUT2D eigenvalue weighted by Crippen LogP contribution is -2.03. The minimum atomic E-state index is 0.752. The third kappa shape index (κ3) is 3.38. The standard InChI is InChI=1S/C23H24N4S2/c1-3-8-17-15-11-7-12-16(15)18-19-20(29-22(18)25-17)21(27-23(26-19)28-2)24-13-14-9-5-4-6-10-14/h4-6,9-10H,3,7-8,11-13H2,1-2H3,(H,24,26,27). The van der Waals surface area contributed by atoms with Gasteiger partial charge in [-0.2, -0.15) is 0 Å². The maximum atomic E-state index is 5.10. The molecule has 0 saturated heterocycles. The first-order valence-corrected chi connectivity index (χ1v) is 12.3. The van der Waals surface area contributed by atoms with Crippen LogP contribution in [0.2, 0.25) is 0 Å². The van der Waals surface area contributed by atoms with Crippen LogP contribution in [0, 0.1) is 0 Å². The topological polar surface area (TPSA) is 50.7 Å². The van der Waals surface area contributed by atoms with Gasteiger partial charge in [0.05, 0.1) is 10.2 Å². The Balaban J connectivity index is 1.68. The summed E-state index contributed by atoms with van der Waals surface area (Å²) in [7, 11) is 0. The number of aromatic nitrogens is 3. The summed E-state index contributed by atoms with van der Waals surface area (Å²) in [5.74, 6) is 0.926. The molecule has 1 N–H and O–H groups in total. The molecule has 0 fully saturated rings. The van der Waals surface area contributed by atoms with Crippen LogP contribution < -0.4 is 5.32 Å². The summed E-state index contributed by atoms with van der Waals surface area (Å²) in [6.45, 7) is 2.99. The number of aryl methyl sites for hydroxylation is 2. The van der Waals surface area contributed by atoms with E-state index in [1.54, 1.807) is 23.1 Å². The van der Waals surface area contributed by atoms with Gasteiger partial charge >= 0.3 is 0 Å². The number of pyridine rings is 1. The van der Waals surface area contributed by atoms with Crippen LogP contribution in [0.4, 0.5) is 5.82 Å². The molecule has 3 aromatic heterocycles. The number of nitrogens with one attached hydrogen (secondary N) is 1. The van der Waals surface area contributed by atoms with Crippen molar-refractivity contribution < 1.29 is 0 Å². The van der Waals surface area contributed by atoms with Crippen LogP contribution in [-0.2, 0) is 25.8 Å². The highest BCUT2D eigenvalue weighted by molar-refractivity contribution is 7.98. The largest absolute Gasteiger partial charge is 0.365 e. The lowest BCUT2D eigenvalue weighted by Gasteiger charge is -2.09. The lowest BCUT2D eigenvalue weighted by molar-refractivity contribution is 0.856. The van der Waals surface area contributed by atoms with E-state index in [0.29, 0.717) is 0 Å². The van der Waals surface area contributed by atoms with E-state index in [1.165, 1.54) is 34.2 Å². The summed E-state index contributed by atoms with van der Waals surface area (Å²) in [4.78, 5) is 16.0. The first-order valence-electron chi connectivity index (χ1n) is 10.2. The maximum absolute atomic E-state index is 5.10. The van der Waals surface area contributed by atoms with Crippen LogP contribution in [0.5, 0.6) is 0 Å². The molecule has 0 spiro atoms. The smallest absolute Gasteiger partial charge is 0.189 e. The Labute approximate surface area is 179 Å². The highest BCUT2D eigenvalue weighted by atomic mass is 32.2. The number of thiophene rings is 1. The van der Waals surface area contributed by atoms with E-state index < -0.39 is 0 Å². The Morgan fingerprint density at radius 2 is 1.90 bits per heavy atom. The average molecular weight is 421 g/mol. The molecule has 148 valence electrons. The van der Waals surface area contributed by atoms with Crippen molar-refractivity contribution in [2.45, 2.75) is 50.7 Å². The summed E-state index contributed by atoms with van der Waals surface area (Å²) in [5.41, 5.74) is 6.60. The van der Waals surface area contributed by atoms with Gasteiger partial charge < -0.3 is 5.32 Å². The number of nitrogens with zero attached hydrogens (tertiary/aromatic N) is 3. The van der Waals surface area contributed by atoms with Gasteiger partial charge in [-0.05, 0) is 48.6 Å².